The van der Waals surface area contributed by atoms with E-state index in [1.165, 1.54) is 17.7 Å². The summed E-state index contributed by atoms with van der Waals surface area (Å²) in [6.45, 7) is 0.745. The Hall–Kier alpha value is -3.01. The van der Waals surface area contributed by atoms with Gasteiger partial charge in [0.05, 0.1) is 4.90 Å². The first-order valence-corrected chi connectivity index (χ1v) is 13.0. The van der Waals surface area contributed by atoms with Gasteiger partial charge in [-0.25, -0.2) is 13.1 Å². The van der Waals surface area contributed by atoms with E-state index in [1.54, 1.807) is 42.1 Å². The lowest BCUT2D eigenvalue weighted by Gasteiger charge is -2.10. The molecule has 3 aromatic rings. The van der Waals surface area contributed by atoms with Crippen molar-refractivity contribution in [1.29, 1.82) is 0 Å². The van der Waals surface area contributed by atoms with Gasteiger partial charge in [-0.15, -0.1) is 0 Å². The Balaban J connectivity index is 1.29. The van der Waals surface area contributed by atoms with Crippen LogP contribution in [0, 0.1) is 0 Å². The predicted octanol–water partition coefficient (Wildman–Crippen LogP) is 3.56. The van der Waals surface area contributed by atoms with Crippen molar-refractivity contribution in [2.45, 2.75) is 17.2 Å². The summed E-state index contributed by atoms with van der Waals surface area (Å²) < 4.78 is 38.6. The first kappa shape index (κ1) is 23.2. The Morgan fingerprint density at radius 2 is 1.73 bits per heavy atom. The zero-order valence-corrected chi connectivity index (χ0v) is 19.5. The van der Waals surface area contributed by atoms with Crippen LogP contribution in [0.25, 0.3) is 0 Å². The fraction of sp³-hybridized carbons (Fsp3) is 0.208. The molecule has 1 amide bonds. The van der Waals surface area contributed by atoms with E-state index in [4.69, 9.17) is 9.47 Å². The van der Waals surface area contributed by atoms with Gasteiger partial charge in [-0.05, 0) is 41.5 Å². The second kappa shape index (κ2) is 10.7. The molecule has 7 nitrogen and oxygen atoms in total. The zero-order chi connectivity index (χ0) is 23.1. The van der Waals surface area contributed by atoms with Gasteiger partial charge in [-0.1, -0.05) is 42.5 Å². The third kappa shape index (κ3) is 6.28. The SMILES string of the molecule is O=C(NCCSCc1ccccc1)c1cccc(S(=O)(=O)NCc2ccc3c(c2)OCO3)c1. The Morgan fingerprint density at radius 1 is 0.909 bits per heavy atom. The maximum absolute atomic E-state index is 12.7. The van der Waals surface area contributed by atoms with E-state index < -0.39 is 10.0 Å². The molecular weight excluding hydrogens is 460 g/mol. The van der Waals surface area contributed by atoms with Crippen LogP contribution in [-0.2, 0) is 22.3 Å². The Kier molecular flexibility index (Phi) is 7.54. The summed E-state index contributed by atoms with van der Waals surface area (Å²) in [6, 6.07) is 21.4. The van der Waals surface area contributed by atoms with Crippen LogP contribution in [-0.4, -0.2) is 33.4 Å². The summed E-state index contributed by atoms with van der Waals surface area (Å²) in [7, 11) is -3.79. The van der Waals surface area contributed by atoms with Crippen molar-refractivity contribution in [1.82, 2.24) is 10.0 Å². The molecule has 0 radical (unpaired) electrons. The van der Waals surface area contributed by atoms with Crippen LogP contribution < -0.4 is 19.5 Å². The molecule has 0 bridgehead atoms. The van der Waals surface area contributed by atoms with Gasteiger partial charge in [0.25, 0.3) is 5.91 Å². The predicted molar refractivity (Wildman–Crippen MR) is 128 cm³/mol. The van der Waals surface area contributed by atoms with Gasteiger partial charge >= 0.3 is 0 Å². The fourth-order valence-electron chi connectivity index (χ4n) is 3.22. The number of hydrogen-bond acceptors (Lipinski definition) is 6. The molecule has 1 heterocycles. The highest BCUT2D eigenvalue weighted by Gasteiger charge is 2.18. The molecule has 1 aliphatic rings. The second-order valence-corrected chi connectivity index (χ2v) is 10.2. The highest BCUT2D eigenvalue weighted by molar-refractivity contribution is 7.98. The quantitative estimate of drug-likeness (QED) is 0.428. The molecule has 9 heteroatoms. The monoisotopic (exact) mass is 484 g/mol. The molecule has 0 spiro atoms. The molecule has 0 unspecified atom stereocenters. The van der Waals surface area contributed by atoms with E-state index in [0.717, 1.165) is 17.1 Å². The summed E-state index contributed by atoms with van der Waals surface area (Å²) in [5.41, 5.74) is 2.28. The zero-order valence-electron chi connectivity index (χ0n) is 17.8. The number of amides is 1. The van der Waals surface area contributed by atoms with Gasteiger partial charge in [-0.3, -0.25) is 4.79 Å². The lowest BCUT2D eigenvalue weighted by atomic mass is 10.2. The smallest absolute Gasteiger partial charge is 0.251 e. The van der Waals surface area contributed by atoms with Crippen molar-refractivity contribution in [3.63, 3.8) is 0 Å². The largest absolute Gasteiger partial charge is 0.454 e. The van der Waals surface area contributed by atoms with Gasteiger partial charge in [0, 0.05) is 30.2 Å². The number of carbonyl (C=O) groups is 1. The molecule has 2 N–H and O–H groups in total. The Labute approximate surface area is 197 Å². The standard InChI is InChI=1S/C24H24N2O5S2/c27-24(25-11-12-32-16-18-5-2-1-3-6-18)20-7-4-8-21(14-20)33(28,29)26-15-19-9-10-22-23(13-19)31-17-30-22/h1-10,13-14,26H,11-12,15-17H2,(H,25,27). The van der Waals surface area contributed by atoms with Crippen molar-refractivity contribution in [2.75, 3.05) is 19.1 Å². The molecule has 0 atom stereocenters. The second-order valence-electron chi connectivity index (χ2n) is 7.33. The molecule has 172 valence electrons. The third-order valence-electron chi connectivity index (χ3n) is 4.95. The normalized spacial score (nSPS) is 12.5. The lowest BCUT2D eigenvalue weighted by molar-refractivity contribution is 0.0956. The van der Waals surface area contributed by atoms with Crippen LogP contribution in [0.1, 0.15) is 21.5 Å². The first-order valence-electron chi connectivity index (χ1n) is 10.4. The Bertz CT molecular complexity index is 1220. The summed E-state index contributed by atoms with van der Waals surface area (Å²) in [5, 5.41) is 2.84. The van der Waals surface area contributed by atoms with Gasteiger partial charge in [0.2, 0.25) is 16.8 Å². The number of ether oxygens (including phenoxy) is 2. The molecule has 0 aromatic heterocycles. The van der Waals surface area contributed by atoms with E-state index in [1.807, 2.05) is 18.2 Å². The fourth-order valence-corrected chi connectivity index (χ4v) is 5.10. The summed E-state index contributed by atoms with van der Waals surface area (Å²) in [6.07, 6.45) is 0. The molecule has 4 rings (SSSR count). The molecule has 1 aliphatic heterocycles. The van der Waals surface area contributed by atoms with Crippen molar-refractivity contribution in [2.24, 2.45) is 0 Å². The molecule has 0 aliphatic carbocycles. The number of nitrogens with one attached hydrogen (secondary N) is 2. The van der Waals surface area contributed by atoms with Crippen LogP contribution >= 0.6 is 11.8 Å². The number of sulfonamides is 1. The van der Waals surface area contributed by atoms with Crippen molar-refractivity contribution in [3.05, 3.63) is 89.5 Å². The van der Waals surface area contributed by atoms with E-state index in [-0.39, 0.29) is 24.1 Å². The van der Waals surface area contributed by atoms with Crippen LogP contribution in [0.4, 0.5) is 0 Å². The van der Waals surface area contributed by atoms with Crippen molar-refractivity contribution >= 4 is 27.7 Å². The minimum Gasteiger partial charge on any atom is -0.454 e. The van der Waals surface area contributed by atoms with E-state index in [0.29, 0.717) is 23.6 Å². The molecule has 0 saturated heterocycles. The average molecular weight is 485 g/mol. The van der Waals surface area contributed by atoms with Gasteiger partial charge in [0.1, 0.15) is 0 Å². The van der Waals surface area contributed by atoms with Gasteiger partial charge in [0.15, 0.2) is 11.5 Å². The average Bonchev–Trinajstić information content (AvgIpc) is 3.31. The maximum atomic E-state index is 12.7. The van der Waals surface area contributed by atoms with E-state index >= 15 is 0 Å². The number of rotatable bonds is 10. The topological polar surface area (TPSA) is 93.7 Å². The third-order valence-corrected chi connectivity index (χ3v) is 7.38. The summed E-state index contributed by atoms with van der Waals surface area (Å²) in [5.74, 6) is 2.56. The summed E-state index contributed by atoms with van der Waals surface area (Å²) >= 11 is 1.73. The first-order chi connectivity index (χ1) is 16.0. The minimum atomic E-state index is -3.79. The van der Waals surface area contributed by atoms with Crippen molar-refractivity contribution < 1.29 is 22.7 Å². The number of thioether (sulfide) groups is 1. The van der Waals surface area contributed by atoms with Gasteiger partial charge < -0.3 is 14.8 Å². The van der Waals surface area contributed by atoms with Crippen LogP contribution in [0.15, 0.2) is 77.7 Å². The minimum absolute atomic E-state index is 0.0364. The molecule has 33 heavy (non-hydrogen) atoms. The van der Waals surface area contributed by atoms with Crippen LogP contribution in [0.2, 0.25) is 0 Å². The molecule has 3 aromatic carbocycles. The Morgan fingerprint density at radius 3 is 2.58 bits per heavy atom. The van der Waals surface area contributed by atoms with Crippen LogP contribution in [0.5, 0.6) is 11.5 Å². The van der Waals surface area contributed by atoms with Gasteiger partial charge in [-0.2, -0.15) is 11.8 Å². The van der Waals surface area contributed by atoms with E-state index in [9.17, 15) is 13.2 Å². The number of benzene rings is 3. The number of carbonyl (C=O) groups excluding carboxylic acids is 1. The van der Waals surface area contributed by atoms with Crippen molar-refractivity contribution in [3.8, 4) is 11.5 Å². The summed E-state index contributed by atoms with van der Waals surface area (Å²) in [4.78, 5) is 12.5. The molecule has 0 saturated carbocycles. The number of hydrogen-bond donors (Lipinski definition) is 2. The molecular formula is C24H24N2O5S2. The lowest BCUT2D eigenvalue weighted by Crippen LogP contribution is -2.27. The van der Waals surface area contributed by atoms with Crippen LogP contribution in [0.3, 0.4) is 0 Å². The highest BCUT2D eigenvalue weighted by atomic mass is 32.2. The highest BCUT2D eigenvalue weighted by Crippen LogP contribution is 2.32. The molecule has 0 fully saturated rings. The van der Waals surface area contributed by atoms with E-state index in [2.05, 4.69) is 22.2 Å². The maximum Gasteiger partial charge on any atom is 0.251 e. The number of fused-ring (bicyclic) bond motifs is 1.